The van der Waals surface area contributed by atoms with Gasteiger partial charge in [0.1, 0.15) is 5.82 Å². The molecule has 3 N–H and O–H groups in total. The molecule has 2 aromatic rings. The molecule has 1 amide bonds. The molecule has 2 rings (SSSR count). The maximum atomic E-state index is 12.9. The highest BCUT2D eigenvalue weighted by Crippen LogP contribution is 2.20. The summed E-state index contributed by atoms with van der Waals surface area (Å²) in [6.45, 7) is 0.344. The topological polar surface area (TPSA) is 68.0 Å². The Hall–Kier alpha value is -2.14. The number of hydrogen-bond acceptors (Lipinski definition) is 3. The molecular weight excluding hydrogens is 293 g/mol. The number of anilines is 1. The monoisotopic (exact) mass is 307 g/mol. The number of nitrogens with zero attached hydrogens (tertiary/aromatic N) is 1. The number of carbonyl (C=O) groups excluding carboxylic acids is 1. The Kier molecular flexibility index (Phi) is 5.11. The van der Waals surface area contributed by atoms with Crippen molar-refractivity contribution in [2.24, 2.45) is 11.7 Å². The largest absolute Gasteiger partial charge is 0.383 e. The molecule has 0 saturated heterocycles. The van der Waals surface area contributed by atoms with Crippen molar-refractivity contribution in [3.8, 4) is 0 Å². The summed E-state index contributed by atoms with van der Waals surface area (Å²) >= 11 is 5.98. The quantitative estimate of drug-likeness (QED) is 0.862. The molecular formula is C15H15ClFN3O. The summed E-state index contributed by atoms with van der Waals surface area (Å²) in [7, 11) is 0. The summed E-state index contributed by atoms with van der Waals surface area (Å²) in [5.74, 6) is -1.15. The predicted octanol–water partition coefficient (Wildman–Crippen LogP) is 2.63. The molecule has 0 spiro atoms. The SMILES string of the molecule is NC(=O)C(CNc1ccncc1Cl)Cc1ccc(F)cc1. The molecule has 0 aliphatic carbocycles. The molecule has 0 bridgehead atoms. The number of hydrogen-bond donors (Lipinski definition) is 2. The van der Waals surface area contributed by atoms with Crippen LogP contribution in [-0.2, 0) is 11.2 Å². The van der Waals surface area contributed by atoms with Gasteiger partial charge in [-0.2, -0.15) is 0 Å². The van der Waals surface area contributed by atoms with Crippen LogP contribution >= 0.6 is 11.6 Å². The van der Waals surface area contributed by atoms with E-state index in [9.17, 15) is 9.18 Å². The third-order valence-electron chi connectivity index (χ3n) is 3.11. The summed E-state index contributed by atoms with van der Waals surface area (Å²) in [6, 6.07) is 7.73. The standard InChI is InChI=1S/C15H15ClFN3O/c16-13-9-19-6-5-14(13)20-8-11(15(18)21)7-10-1-3-12(17)4-2-10/h1-6,9,11H,7-8H2,(H2,18,21)(H,19,20). The van der Waals surface area contributed by atoms with Crippen LogP contribution in [0.15, 0.2) is 42.7 Å². The van der Waals surface area contributed by atoms with Crippen LogP contribution in [0.3, 0.4) is 0 Å². The van der Waals surface area contributed by atoms with Crippen LogP contribution in [0.4, 0.5) is 10.1 Å². The van der Waals surface area contributed by atoms with Gasteiger partial charge in [-0.05, 0) is 30.2 Å². The van der Waals surface area contributed by atoms with Crippen molar-refractivity contribution in [2.45, 2.75) is 6.42 Å². The number of benzene rings is 1. The summed E-state index contributed by atoms with van der Waals surface area (Å²) in [4.78, 5) is 15.4. The molecule has 0 radical (unpaired) electrons. The lowest BCUT2D eigenvalue weighted by Gasteiger charge is -2.16. The maximum absolute atomic E-state index is 12.9. The van der Waals surface area contributed by atoms with Crippen molar-refractivity contribution < 1.29 is 9.18 Å². The Morgan fingerprint density at radius 2 is 2.05 bits per heavy atom. The normalized spacial score (nSPS) is 11.9. The minimum absolute atomic E-state index is 0.309. The molecule has 0 aliphatic heterocycles. The van der Waals surface area contributed by atoms with Gasteiger partial charge in [-0.1, -0.05) is 23.7 Å². The molecule has 1 heterocycles. The Morgan fingerprint density at radius 1 is 1.33 bits per heavy atom. The van der Waals surface area contributed by atoms with E-state index in [4.69, 9.17) is 17.3 Å². The van der Waals surface area contributed by atoms with Crippen molar-refractivity contribution in [3.05, 3.63) is 59.1 Å². The number of halogens is 2. The molecule has 1 aromatic carbocycles. The molecule has 1 atom stereocenters. The Bertz CT molecular complexity index is 619. The third kappa shape index (κ3) is 4.43. The molecule has 0 saturated carbocycles. The molecule has 1 unspecified atom stereocenters. The summed E-state index contributed by atoms with van der Waals surface area (Å²) in [5.41, 5.74) is 6.96. The van der Waals surface area contributed by atoms with E-state index in [1.54, 1.807) is 24.4 Å². The molecule has 110 valence electrons. The number of primary amides is 1. The number of amides is 1. The minimum atomic E-state index is -0.419. The highest BCUT2D eigenvalue weighted by Gasteiger charge is 2.16. The Morgan fingerprint density at radius 3 is 2.67 bits per heavy atom. The van der Waals surface area contributed by atoms with Crippen LogP contribution in [0, 0.1) is 11.7 Å². The van der Waals surface area contributed by atoms with Crippen molar-refractivity contribution in [1.29, 1.82) is 0 Å². The Balaban J connectivity index is 2.01. The lowest BCUT2D eigenvalue weighted by molar-refractivity contribution is -0.121. The van der Waals surface area contributed by atoms with Gasteiger partial charge in [0.15, 0.2) is 0 Å². The molecule has 1 aromatic heterocycles. The van der Waals surface area contributed by atoms with E-state index in [0.717, 1.165) is 5.56 Å². The first-order valence-electron chi connectivity index (χ1n) is 6.43. The van der Waals surface area contributed by atoms with Gasteiger partial charge in [0.2, 0.25) is 5.91 Å². The smallest absolute Gasteiger partial charge is 0.222 e. The zero-order valence-corrected chi connectivity index (χ0v) is 12.0. The Labute approximate surface area is 127 Å². The lowest BCUT2D eigenvalue weighted by atomic mass is 9.98. The summed E-state index contributed by atoms with van der Waals surface area (Å²) in [6.07, 6.45) is 3.56. The number of carbonyl (C=O) groups is 1. The lowest BCUT2D eigenvalue weighted by Crippen LogP contribution is -2.31. The second kappa shape index (κ2) is 7.04. The average Bonchev–Trinajstić information content (AvgIpc) is 2.46. The van der Waals surface area contributed by atoms with E-state index < -0.39 is 11.8 Å². The molecule has 4 nitrogen and oxygen atoms in total. The highest BCUT2D eigenvalue weighted by molar-refractivity contribution is 6.33. The molecule has 21 heavy (non-hydrogen) atoms. The second-order valence-corrected chi connectivity index (χ2v) is 5.07. The third-order valence-corrected chi connectivity index (χ3v) is 3.41. The molecule has 0 fully saturated rings. The van der Waals surface area contributed by atoms with Crippen LogP contribution in [-0.4, -0.2) is 17.4 Å². The van der Waals surface area contributed by atoms with Gasteiger partial charge in [-0.25, -0.2) is 4.39 Å². The van der Waals surface area contributed by atoms with Crippen molar-refractivity contribution in [3.63, 3.8) is 0 Å². The van der Waals surface area contributed by atoms with Crippen LogP contribution in [0.5, 0.6) is 0 Å². The zero-order valence-electron chi connectivity index (χ0n) is 11.2. The van der Waals surface area contributed by atoms with Crippen molar-refractivity contribution >= 4 is 23.2 Å². The number of pyridine rings is 1. The minimum Gasteiger partial charge on any atom is -0.383 e. The van der Waals surface area contributed by atoms with E-state index in [2.05, 4.69) is 10.3 Å². The van der Waals surface area contributed by atoms with Gasteiger partial charge in [0, 0.05) is 18.9 Å². The van der Waals surface area contributed by atoms with E-state index in [1.807, 2.05) is 0 Å². The predicted molar refractivity (Wildman–Crippen MR) is 80.5 cm³/mol. The maximum Gasteiger partial charge on any atom is 0.222 e. The van der Waals surface area contributed by atoms with Crippen molar-refractivity contribution in [2.75, 3.05) is 11.9 Å². The fourth-order valence-corrected chi connectivity index (χ4v) is 2.12. The zero-order chi connectivity index (χ0) is 15.2. The van der Waals surface area contributed by atoms with Crippen LogP contribution in [0.1, 0.15) is 5.56 Å². The first-order valence-corrected chi connectivity index (χ1v) is 6.81. The fraction of sp³-hybridized carbons (Fsp3) is 0.200. The van der Waals surface area contributed by atoms with Crippen LogP contribution in [0.25, 0.3) is 0 Å². The van der Waals surface area contributed by atoms with Gasteiger partial charge in [-0.15, -0.1) is 0 Å². The molecule has 0 aliphatic rings. The average molecular weight is 308 g/mol. The number of nitrogens with two attached hydrogens (primary N) is 1. The van der Waals surface area contributed by atoms with E-state index in [0.29, 0.717) is 23.7 Å². The fourth-order valence-electron chi connectivity index (χ4n) is 1.93. The van der Waals surface area contributed by atoms with Crippen LogP contribution < -0.4 is 11.1 Å². The first-order chi connectivity index (χ1) is 10.1. The van der Waals surface area contributed by atoms with Crippen molar-refractivity contribution in [1.82, 2.24) is 4.98 Å². The van der Waals surface area contributed by atoms with E-state index in [1.165, 1.54) is 18.3 Å². The van der Waals surface area contributed by atoms with Gasteiger partial charge >= 0.3 is 0 Å². The number of nitrogens with one attached hydrogen (secondary N) is 1. The highest BCUT2D eigenvalue weighted by atomic mass is 35.5. The van der Waals surface area contributed by atoms with Gasteiger partial charge in [0.05, 0.1) is 16.6 Å². The molecule has 6 heteroatoms. The van der Waals surface area contributed by atoms with E-state index in [-0.39, 0.29) is 5.82 Å². The van der Waals surface area contributed by atoms with Gasteiger partial charge in [-0.3, -0.25) is 9.78 Å². The summed E-state index contributed by atoms with van der Waals surface area (Å²) in [5, 5.41) is 3.55. The van der Waals surface area contributed by atoms with Crippen LogP contribution in [0.2, 0.25) is 5.02 Å². The number of aromatic nitrogens is 1. The second-order valence-electron chi connectivity index (χ2n) is 4.67. The number of rotatable bonds is 6. The van der Waals surface area contributed by atoms with E-state index >= 15 is 0 Å². The first kappa shape index (κ1) is 15.3. The summed E-state index contributed by atoms with van der Waals surface area (Å²) < 4.78 is 12.9. The van der Waals surface area contributed by atoms with Gasteiger partial charge in [0.25, 0.3) is 0 Å². The van der Waals surface area contributed by atoms with Gasteiger partial charge < -0.3 is 11.1 Å².